The van der Waals surface area contributed by atoms with Crippen LogP contribution in [0.3, 0.4) is 0 Å². The Hall–Kier alpha value is -3.18. The van der Waals surface area contributed by atoms with Crippen molar-refractivity contribution in [2.75, 3.05) is 0 Å². The van der Waals surface area contributed by atoms with Gasteiger partial charge in [-0.1, -0.05) is 48.2 Å². The van der Waals surface area contributed by atoms with Crippen LogP contribution in [-0.2, 0) is 6.42 Å². The second kappa shape index (κ2) is 8.27. The Balaban J connectivity index is 1.77. The fraction of sp³-hybridized carbons (Fsp3) is 0.0833. The SMILES string of the molecule is C=CCCc1ccc(C#Cc2ccc(-c3ccc(F)cc3)c(F)c2)cc1. The first-order chi connectivity index (χ1) is 12.7. The van der Waals surface area contributed by atoms with Crippen LogP contribution in [0.25, 0.3) is 11.1 Å². The highest BCUT2D eigenvalue weighted by molar-refractivity contribution is 5.65. The minimum Gasteiger partial charge on any atom is -0.207 e. The van der Waals surface area contributed by atoms with E-state index < -0.39 is 0 Å². The number of allylic oxidation sites excluding steroid dienone is 1. The van der Waals surface area contributed by atoms with Crippen LogP contribution in [0.4, 0.5) is 8.78 Å². The molecule has 128 valence electrons. The van der Waals surface area contributed by atoms with E-state index in [1.807, 2.05) is 30.3 Å². The molecule has 0 unspecified atom stereocenters. The summed E-state index contributed by atoms with van der Waals surface area (Å²) >= 11 is 0. The Morgan fingerprint density at radius 2 is 1.46 bits per heavy atom. The Labute approximate surface area is 152 Å². The van der Waals surface area contributed by atoms with E-state index in [0.717, 1.165) is 18.4 Å². The van der Waals surface area contributed by atoms with Crippen molar-refractivity contribution < 1.29 is 8.78 Å². The minimum absolute atomic E-state index is 0.341. The lowest BCUT2D eigenvalue weighted by atomic mass is 10.0. The van der Waals surface area contributed by atoms with Gasteiger partial charge in [0.2, 0.25) is 0 Å². The van der Waals surface area contributed by atoms with Gasteiger partial charge in [0.05, 0.1) is 0 Å². The van der Waals surface area contributed by atoms with Crippen LogP contribution in [0.1, 0.15) is 23.1 Å². The molecule has 0 saturated carbocycles. The lowest BCUT2D eigenvalue weighted by Crippen LogP contribution is -1.87. The Morgan fingerprint density at radius 3 is 2.12 bits per heavy atom. The first-order valence-corrected chi connectivity index (χ1v) is 8.43. The van der Waals surface area contributed by atoms with Crippen molar-refractivity contribution >= 4 is 0 Å². The van der Waals surface area contributed by atoms with Gasteiger partial charge < -0.3 is 0 Å². The van der Waals surface area contributed by atoms with Crippen molar-refractivity contribution in [1.82, 2.24) is 0 Å². The van der Waals surface area contributed by atoms with Crippen LogP contribution in [0.5, 0.6) is 0 Å². The molecule has 0 aromatic heterocycles. The van der Waals surface area contributed by atoms with Crippen molar-refractivity contribution in [2.24, 2.45) is 0 Å². The Morgan fingerprint density at radius 1 is 0.808 bits per heavy atom. The number of rotatable bonds is 4. The third-order valence-corrected chi connectivity index (χ3v) is 4.07. The van der Waals surface area contributed by atoms with Gasteiger partial charge in [-0.25, -0.2) is 8.78 Å². The predicted octanol–water partition coefficient (Wildman–Crippen LogP) is 6.15. The lowest BCUT2D eigenvalue weighted by Gasteiger charge is -2.04. The zero-order valence-corrected chi connectivity index (χ0v) is 14.3. The number of halogens is 2. The molecule has 0 spiro atoms. The summed E-state index contributed by atoms with van der Waals surface area (Å²) in [7, 11) is 0. The van der Waals surface area contributed by atoms with E-state index in [9.17, 15) is 8.78 Å². The molecule has 0 radical (unpaired) electrons. The number of hydrogen-bond donors (Lipinski definition) is 0. The number of benzene rings is 3. The van der Waals surface area contributed by atoms with Gasteiger partial charge >= 0.3 is 0 Å². The summed E-state index contributed by atoms with van der Waals surface area (Å²) in [6.45, 7) is 3.72. The first-order valence-electron chi connectivity index (χ1n) is 8.43. The summed E-state index contributed by atoms with van der Waals surface area (Å²) in [6, 6.07) is 18.6. The van der Waals surface area contributed by atoms with Crippen LogP contribution >= 0.6 is 0 Å². The van der Waals surface area contributed by atoms with Gasteiger partial charge in [-0.05, 0) is 60.4 Å². The monoisotopic (exact) mass is 344 g/mol. The Bertz CT molecular complexity index is 956. The van der Waals surface area contributed by atoms with Gasteiger partial charge in [0, 0.05) is 16.7 Å². The van der Waals surface area contributed by atoms with Crippen molar-refractivity contribution in [1.29, 1.82) is 0 Å². The molecule has 0 atom stereocenters. The maximum atomic E-state index is 14.4. The molecule has 0 aliphatic heterocycles. The van der Waals surface area contributed by atoms with Crippen LogP contribution in [0.15, 0.2) is 79.4 Å². The predicted molar refractivity (Wildman–Crippen MR) is 103 cm³/mol. The molecule has 3 aromatic carbocycles. The highest BCUT2D eigenvalue weighted by Crippen LogP contribution is 2.23. The van der Waals surface area contributed by atoms with Crippen molar-refractivity contribution in [2.45, 2.75) is 12.8 Å². The molecule has 3 aromatic rings. The summed E-state index contributed by atoms with van der Waals surface area (Å²) in [5.41, 5.74) is 3.80. The molecule has 26 heavy (non-hydrogen) atoms. The van der Waals surface area contributed by atoms with Gasteiger partial charge in [0.15, 0.2) is 0 Å². The largest absolute Gasteiger partial charge is 0.207 e. The molecule has 0 aliphatic rings. The molecule has 0 heterocycles. The van der Waals surface area contributed by atoms with Crippen molar-refractivity contribution in [3.05, 3.63) is 108 Å². The van der Waals surface area contributed by atoms with Crippen LogP contribution in [0.2, 0.25) is 0 Å². The highest BCUT2D eigenvalue weighted by atomic mass is 19.1. The molecule has 0 bridgehead atoms. The zero-order chi connectivity index (χ0) is 18.4. The van der Waals surface area contributed by atoms with E-state index in [0.29, 0.717) is 16.7 Å². The second-order valence-corrected chi connectivity index (χ2v) is 5.98. The summed E-state index contributed by atoms with van der Waals surface area (Å²) in [5, 5.41) is 0. The lowest BCUT2D eigenvalue weighted by molar-refractivity contribution is 0.625. The molecule has 0 aliphatic carbocycles. The van der Waals surface area contributed by atoms with E-state index in [4.69, 9.17) is 0 Å². The molecule has 0 N–H and O–H groups in total. The van der Waals surface area contributed by atoms with E-state index in [-0.39, 0.29) is 11.6 Å². The third kappa shape index (κ3) is 4.46. The quantitative estimate of drug-likeness (QED) is 0.393. The van der Waals surface area contributed by atoms with Crippen molar-refractivity contribution in [3.63, 3.8) is 0 Å². The van der Waals surface area contributed by atoms with Gasteiger partial charge in [-0.15, -0.1) is 6.58 Å². The van der Waals surface area contributed by atoms with Crippen LogP contribution < -0.4 is 0 Å². The van der Waals surface area contributed by atoms with Gasteiger partial charge in [0.1, 0.15) is 11.6 Å². The van der Waals surface area contributed by atoms with Gasteiger partial charge in [0.25, 0.3) is 0 Å². The number of aryl methyl sites for hydroxylation is 1. The smallest absolute Gasteiger partial charge is 0.132 e. The molecule has 0 fully saturated rings. The normalized spacial score (nSPS) is 10.1. The first kappa shape index (κ1) is 17.6. The number of hydrogen-bond acceptors (Lipinski definition) is 0. The van der Waals surface area contributed by atoms with Gasteiger partial charge in [-0.2, -0.15) is 0 Å². The van der Waals surface area contributed by atoms with E-state index in [1.165, 1.54) is 23.8 Å². The minimum atomic E-state index is -0.372. The fourth-order valence-electron chi connectivity index (χ4n) is 2.62. The van der Waals surface area contributed by atoms with Crippen LogP contribution in [-0.4, -0.2) is 0 Å². The molecule has 0 amide bonds. The molecule has 0 saturated heterocycles. The molecular formula is C24H18F2. The van der Waals surface area contributed by atoms with E-state index in [1.54, 1.807) is 24.3 Å². The van der Waals surface area contributed by atoms with Crippen LogP contribution in [0, 0.1) is 23.5 Å². The molecular weight excluding hydrogens is 326 g/mol. The summed E-state index contributed by atoms with van der Waals surface area (Å²) in [6.07, 6.45) is 3.82. The summed E-state index contributed by atoms with van der Waals surface area (Å²) in [4.78, 5) is 0. The Kier molecular flexibility index (Phi) is 5.61. The maximum Gasteiger partial charge on any atom is 0.132 e. The van der Waals surface area contributed by atoms with Gasteiger partial charge in [-0.3, -0.25) is 0 Å². The molecule has 3 rings (SSSR count). The van der Waals surface area contributed by atoms with E-state index in [2.05, 4.69) is 18.4 Å². The summed E-state index contributed by atoms with van der Waals surface area (Å²) in [5.74, 6) is 5.33. The zero-order valence-electron chi connectivity index (χ0n) is 14.3. The van der Waals surface area contributed by atoms with Crippen molar-refractivity contribution in [3.8, 4) is 23.0 Å². The maximum absolute atomic E-state index is 14.4. The third-order valence-electron chi connectivity index (χ3n) is 4.07. The topological polar surface area (TPSA) is 0 Å². The average Bonchev–Trinajstić information content (AvgIpc) is 2.66. The molecule has 0 nitrogen and oxygen atoms in total. The second-order valence-electron chi connectivity index (χ2n) is 5.98. The highest BCUT2D eigenvalue weighted by Gasteiger charge is 2.05. The average molecular weight is 344 g/mol. The molecule has 2 heteroatoms. The van der Waals surface area contributed by atoms with E-state index >= 15 is 0 Å². The standard InChI is InChI=1S/C24H18F2/c1-2-3-4-18-5-7-19(8-6-18)9-10-20-11-16-23(24(26)17-20)21-12-14-22(25)15-13-21/h2,5-8,11-17H,1,3-4H2. The fourth-order valence-corrected chi connectivity index (χ4v) is 2.62. The summed E-state index contributed by atoms with van der Waals surface area (Å²) < 4.78 is 27.4.